The Morgan fingerprint density at radius 2 is 0.696 bits per heavy atom. The van der Waals surface area contributed by atoms with E-state index in [-0.39, 0.29) is 31.1 Å². The number of carbonyl (C=O) groups excluding carboxylic acids is 11. The maximum Gasteiger partial charge on any atom is 0.326 e. The largest absolute Gasteiger partial charge is 0.481 e. The number of carbonyl (C=O) groups is 13. The van der Waals surface area contributed by atoms with Crippen LogP contribution in [0.1, 0.15) is 106 Å². The lowest BCUT2D eigenvalue weighted by atomic mass is 10.0. The Bertz CT molecular complexity index is 1860. The molecule has 0 unspecified atom stereocenters. The molecular weight excluding hydrogens is 917 g/mol. The SMILES string of the molecule is CC(C)C[C@H](NC(=O)[C@H](CCC(=O)O)NC(=O)[C@H](CCC(N)=O)NC(=O)[C@H](CO)NC(=O)[C@H](C)NC(=O)[C@H](CCC(N)=O)NC(=O)[C@H](C)NC(=O)[C@@H](N)CC(C)C)C(=O)N[C@@H](CCC(N)=O)C(=O)O. The lowest BCUT2D eigenvalue weighted by Gasteiger charge is -2.27. The Labute approximate surface area is 398 Å². The second-order valence-electron chi connectivity index (χ2n) is 17.2. The molecule has 0 saturated heterocycles. The van der Waals surface area contributed by atoms with Gasteiger partial charge >= 0.3 is 11.9 Å². The van der Waals surface area contributed by atoms with Crippen LogP contribution in [0.25, 0.3) is 0 Å². The van der Waals surface area contributed by atoms with Crippen LogP contribution in [-0.4, -0.2) is 153 Å². The van der Waals surface area contributed by atoms with Crippen molar-refractivity contribution in [3.05, 3.63) is 0 Å². The van der Waals surface area contributed by atoms with Gasteiger partial charge in [-0.1, -0.05) is 27.7 Å². The summed E-state index contributed by atoms with van der Waals surface area (Å²) in [4.78, 5) is 164. The summed E-state index contributed by atoms with van der Waals surface area (Å²) in [5.74, 6) is -13.9. The lowest BCUT2D eigenvalue weighted by Crippen LogP contribution is -2.60. The maximum atomic E-state index is 13.7. The first-order valence-corrected chi connectivity index (χ1v) is 22.1. The fourth-order valence-corrected chi connectivity index (χ4v) is 6.15. The molecule has 11 amide bonds. The molecule has 0 heterocycles. The summed E-state index contributed by atoms with van der Waals surface area (Å²) >= 11 is 0. The van der Waals surface area contributed by atoms with Crippen molar-refractivity contribution in [3.63, 3.8) is 0 Å². The predicted molar refractivity (Wildman–Crippen MR) is 241 cm³/mol. The van der Waals surface area contributed by atoms with E-state index < -0.39 is 176 Å². The highest BCUT2D eigenvalue weighted by atomic mass is 16.4. The number of aliphatic hydroxyl groups is 1. The van der Waals surface area contributed by atoms with E-state index in [0.717, 1.165) is 6.92 Å². The van der Waals surface area contributed by atoms with Crippen molar-refractivity contribution in [3.8, 4) is 0 Å². The molecule has 390 valence electrons. The quantitative estimate of drug-likeness (QED) is 0.0285. The molecule has 0 aliphatic carbocycles. The van der Waals surface area contributed by atoms with Gasteiger partial charge in [-0.3, -0.25) is 57.5 Å². The Kier molecular flexibility index (Phi) is 28.0. The Morgan fingerprint density at radius 1 is 0.391 bits per heavy atom. The number of carboxylic acid groups (broad SMARTS) is 2. The second kappa shape index (κ2) is 31.1. The molecule has 0 radical (unpaired) electrons. The third kappa shape index (κ3) is 25.7. The summed E-state index contributed by atoms with van der Waals surface area (Å²) < 4.78 is 0. The van der Waals surface area contributed by atoms with E-state index in [2.05, 4.69) is 42.5 Å². The zero-order valence-corrected chi connectivity index (χ0v) is 39.6. The minimum atomic E-state index is -1.85. The van der Waals surface area contributed by atoms with E-state index in [0.29, 0.717) is 6.42 Å². The van der Waals surface area contributed by atoms with Crippen molar-refractivity contribution >= 4 is 76.9 Å². The number of aliphatic carboxylic acids is 2. The molecule has 0 saturated carbocycles. The number of nitrogens with one attached hydrogen (secondary N) is 8. The van der Waals surface area contributed by atoms with Gasteiger partial charge in [0, 0.05) is 25.7 Å². The van der Waals surface area contributed by atoms with Gasteiger partial charge in [-0.25, -0.2) is 4.79 Å². The molecule has 9 atom stereocenters. The monoisotopic (exact) mass is 987 g/mol. The zero-order chi connectivity index (χ0) is 53.3. The average Bonchev–Trinajstić information content (AvgIpc) is 3.23. The van der Waals surface area contributed by atoms with Crippen LogP contribution in [0.3, 0.4) is 0 Å². The lowest BCUT2D eigenvalue weighted by molar-refractivity contribution is -0.142. The van der Waals surface area contributed by atoms with Gasteiger partial charge in [-0.15, -0.1) is 0 Å². The third-order valence-electron chi connectivity index (χ3n) is 9.92. The second-order valence-corrected chi connectivity index (χ2v) is 17.2. The molecule has 0 rings (SSSR count). The maximum absolute atomic E-state index is 13.7. The van der Waals surface area contributed by atoms with Gasteiger partial charge in [0.25, 0.3) is 0 Å². The highest BCUT2D eigenvalue weighted by molar-refractivity contribution is 5.98. The summed E-state index contributed by atoms with van der Waals surface area (Å²) in [6.07, 6.45) is -3.69. The summed E-state index contributed by atoms with van der Waals surface area (Å²) in [7, 11) is 0. The summed E-state index contributed by atoms with van der Waals surface area (Å²) in [6, 6.07) is -13.5. The molecular formula is C41H70N12O16. The van der Waals surface area contributed by atoms with Crippen LogP contribution in [0.2, 0.25) is 0 Å². The Hall–Kier alpha value is -6.97. The third-order valence-corrected chi connectivity index (χ3v) is 9.92. The number of aliphatic hydroxyl groups excluding tert-OH is 1. The van der Waals surface area contributed by atoms with Gasteiger partial charge in [-0.05, 0) is 64.2 Å². The summed E-state index contributed by atoms with van der Waals surface area (Å²) in [5, 5.41) is 47.3. The Morgan fingerprint density at radius 3 is 1.07 bits per heavy atom. The number of carboxylic acids is 2. The van der Waals surface area contributed by atoms with Crippen LogP contribution in [0, 0.1) is 11.8 Å². The molecule has 0 aromatic rings. The van der Waals surface area contributed by atoms with Crippen LogP contribution in [0.4, 0.5) is 0 Å². The van der Waals surface area contributed by atoms with Crippen molar-refractivity contribution in [2.75, 3.05) is 6.61 Å². The van der Waals surface area contributed by atoms with E-state index in [1.807, 2.05) is 13.8 Å². The first kappa shape index (κ1) is 62.0. The fourth-order valence-electron chi connectivity index (χ4n) is 6.15. The molecule has 0 fully saturated rings. The molecule has 0 aliphatic rings. The zero-order valence-electron chi connectivity index (χ0n) is 39.6. The van der Waals surface area contributed by atoms with Gasteiger partial charge in [0.05, 0.1) is 12.6 Å². The van der Waals surface area contributed by atoms with Crippen LogP contribution < -0.4 is 65.5 Å². The fraction of sp³-hybridized carbons (Fsp3) is 0.683. The first-order chi connectivity index (χ1) is 32.0. The number of hydrogen-bond acceptors (Lipinski definition) is 15. The van der Waals surface area contributed by atoms with Gasteiger partial charge < -0.3 is 80.8 Å². The topological polar surface area (TPSA) is 483 Å². The van der Waals surface area contributed by atoms with Crippen molar-refractivity contribution in [2.45, 2.75) is 160 Å². The number of primary amides is 3. The minimum Gasteiger partial charge on any atom is -0.481 e. The number of rotatable bonds is 34. The molecule has 69 heavy (non-hydrogen) atoms. The predicted octanol–water partition coefficient (Wildman–Crippen LogP) is -5.94. The van der Waals surface area contributed by atoms with E-state index in [1.54, 1.807) is 13.8 Å². The van der Waals surface area contributed by atoms with Crippen molar-refractivity contribution in [1.82, 2.24) is 42.5 Å². The van der Waals surface area contributed by atoms with E-state index in [1.165, 1.54) is 6.92 Å². The van der Waals surface area contributed by atoms with E-state index in [4.69, 9.17) is 22.9 Å². The first-order valence-electron chi connectivity index (χ1n) is 22.1. The normalized spacial score (nSPS) is 14.9. The van der Waals surface area contributed by atoms with Crippen molar-refractivity contribution < 1.29 is 77.6 Å². The van der Waals surface area contributed by atoms with E-state index in [9.17, 15) is 77.6 Å². The van der Waals surface area contributed by atoms with Gasteiger partial charge in [-0.2, -0.15) is 0 Å². The smallest absolute Gasteiger partial charge is 0.326 e. The summed E-state index contributed by atoms with van der Waals surface area (Å²) in [6.45, 7) is 8.36. The van der Waals surface area contributed by atoms with Crippen LogP contribution >= 0.6 is 0 Å². The van der Waals surface area contributed by atoms with Crippen LogP contribution in [0.5, 0.6) is 0 Å². The molecule has 0 bridgehead atoms. The molecule has 19 N–H and O–H groups in total. The molecule has 28 nitrogen and oxygen atoms in total. The van der Waals surface area contributed by atoms with Gasteiger partial charge in [0.1, 0.15) is 48.3 Å². The van der Waals surface area contributed by atoms with Gasteiger partial charge in [0.15, 0.2) is 0 Å². The molecule has 0 aliphatic heterocycles. The number of nitrogens with two attached hydrogens (primary N) is 4. The highest BCUT2D eigenvalue weighted by Gasteiger charge is 2.34. The molecule has 0 aromatic heterocycles. The summed E-state index contributed by atoms with van der Waals surface area (Å²) in [5.41, 5.74) is 21.5. The minimum absolute atomic E-state index is 0.0702. The standard InChI is InChI=1S/C41H70N12O16/c1-18(2)15-22(42)35(62)46-20(5)33(60)48-23(7-11-29(43)55)36(63)47-21(6)34(61)53-28(17-54)40(67)50-24(8-12-30(44)56)37(64)49-25(10-14-32(58)59)38(65)52-27(16-19(3)4)39(66)51-26(41(68)69)9-13-31(45)57/h18-28,54H,7-17,42H2,1-6H3,(H2,43,55)(H2,44,56)(H2,45,57)(H,46,62)(H,47,63)(H,48,60)(H,49,64)(H,50,67)(H,51,66)(H,52,65)(H,53,61)(H,58,59)(H,68,69)/t20-,21-,22-,23-,24-,25-,26-,27-,28-/m0/s1. The van der Waals surface area contributed by atoms with Gasteiger partial charge in [0.2, 0.25) is 65.0 Å². The number of hydrogen-bond donors (Lipinski definition) is 15. The van der Waals surface area contributed by atoms with Crippen LogP contribution in [0.15, 0.2) is 0 Å². The highest BCUT2D eigenvalue weighted by Crippen LogP contribution is 2.10. The average molecular weight is 987 g/mol. The van der Waals surface area contributed by atoms with Crippen LogP contribution in [-0.2, 0) is 62.3 Å². The number of amides is 11. The molecule has 0 spiro atoms. The van der Waals surface area contributed by atoms with E-state index >= 15 is 0 Å². The molecule has 0 aromatic carbocycles. The van der Waals surface area contributed by atoms with Crippen molar-refractivity contribution in [1.29, 1.82) is 0 Å². The van der Waals surface area contributed by atoms with Crippen molar-refractivity contribution in [2.24, 2.45) is 34.8 Å². The Balaban J connectivity index is 6.25. The molecule has 28 heteroatoms.